The summed E-state index contributed by atoms with van der Waals surface area (Å²) in [5.41, 5.74) is 0.200. The fraction of sp³-hybridized carbons (Fsp3) is 0.647. The predicted octanol–water partition coefficient (Wildman–Crippen LogP) is 2.75. The lowest BCUT2D eigenvalue weighted by molar-refractivity contribution is 0.0358. The van der Waals surface area contributed by atoms with Crippen LogP contribution in [0.1, 0.15) is 49.0 Å². The molecular weight excluding hydrogens is 344 g/mol. The van der Waals surface area contributed by atoms with Gasteiger partial charge in [0.15, 0.2) is 0 Å². The van der Waals surface area contributed by atoms with Crippen LogP contribution in [-0.4, -0.2) is 64.1 Å². The van der Waals surface area contributed by atoms with E-state index in [9.17, 15) is 9.59 Å². The molecule has 1 aromatic rings. The van der Waals surface area contributed by atoms with Crippen LogP contribution in [0.3, 0.4) is 0 Å². The molecule has 2 fully saturated rings. The number of nitrogens with zero attached hydrogens (tertiary/aromatic N) is 4. The maximum Gasteiger partial charge on any atom is 0.409 e. The number of hydrogen-bond acceptors (Lipinski definition) is 5. The number of piperidine rings is 2. The molecule has 7 nitrogen and oxygen atoms in total. The number of halogens is 1. The molecule has 3 heterocycles. The first-order chi connectivity index (χ1) is 12.2. The zero-order chi connectivity index (χ0) is 17.6. The first kappa shape index (κ1) is 17.9. The molecular formula is C17H23ClN4O3. The number of likely N-dealkylation sites (tertiary alicyclic amines) is 2. The van der Waals surface area contributed by atoms with E-state index in [0.29, 0.717) is 6.54 Å². The summed E-state index contributed by atoms with van der Waals surface area (Å²) >= 11 is 6.05. The third-order valence-corrected chi connectivity index (χ3v) is 5.05. The highest BCUT2D eigenvalue weighted by Crippen LogP contribution is 2.22. The van der Waals surface area contributed by atoms with Crippen molar-refractivity contribution in [2.45, 2.75) is 44.6 Å². The van der Waals surface area contributed by atoms with E-state index < -0.39 is 0 Å². The van der Waals surface area contributed by atoms with E-state index in [1.165, 1.54) is 12.5 Å². The third kappa shape index (κ3) is 4.39. The fourth-order valence-corrected chi connectivity index (χ4v) is 3.57. The lowest BCUT2D eigenvalue weighted by atomic mass is 10.0. The minimum atomic E-state index is -0.280. The molecule has 0 spiro atoms. The van der Waals surface area contributed by atoms with Gasteiger partial charge in [0.2, 0.25) is 0 Å². The molecule has 2 saturated heterocycles. The maximum absolute atomic E-state index is 12.8. The van der Waals surface area contributed by atoms with Gasteiger partial charge < -0.3 is 14.5 Å². The number of ether oxygens (including phenoxy) is 1. The van der Waals surface area contributed by atoms with Gasteiger partial charge in [-0.25, -0.2) is 14.8 Å². The molecule has 0 bridgehead atoms. The van der Waals surface area contributed by atoms with Crippen molar-refractivity contribution >= 4 is 23.6 Å². The molecule has 1 unspecified atom stereocenters. The molecule has 0 N–H and O–H groups in total. The molecule has 3 rings (SSSR count). The van der Waals surface area contributed by atoms with Crippen molar-refractivity contribution in [3.05, 3.63) is 23.2 Å². The van der Waals surface area contributed by atoms with Crippen LogP contribution in [0.25, 0.3) is 0 Å². The number of amides is 2. The second-order valence-corrected chi connectivity index (χ2v) is 6.90. The highest BCUT2D eigenvalue weighted by Gasteiger charge is 2.31. The Balaban J connectivity index is 1.61. The SMILES string of the molecule is O=C(OCC1CCCCN1C(=O)c1ncncc1Cl)N1CCCCC1. The van der Waals surface area contributed by atoms with Crippen LogP contribution >= 0.6 is 11.6 Å². The molecule has 0 aromatic carbocycles. The molecule has 25 heavy (non-hydrogen) atoms. The molecule has 0 saturated carbocycles. The van der Waals surface area contributed by atoms with E-state index in [1.807, 2.05) is 0 Å². The van der Waals surface area contributed by atoms with Gasteiger partial charge in [0.05, 0.1) is 11.1 Å². The largest absolute Gasteiger partial charge is 0.447 e. The zero-order valence-electron chi connectivity index (χ0n) is 14.2. The summed E-state index contributed by atoms with van der Waals surface area (Å²) in [6, 6.07) is -0.138. The van der Waals surface area contributed by atoms with Crippen molar-refractivity contribution in [3.8, 4) is 0 Å². The Hall–Kier alpha value is -1.89. The molecule has 8 heteroatoms. The number of aromatic nitrogens is 2. The summed E-state index contributed by atoms with van der Waals surface area (Å²) in [5, 5.41) is 0.238. The molecule has 2 aliphatic rings. The van der Waals surface area contributed by atoms with E-state index in [1.54, 1.807) is 9.80 Å². The third-order valence-electron chi connectivity index (χ3n) is 4.77. The molecule has 0 aliphatic carbocycles. The Labute approximate surface area is 152 Å². The quantitative estimate of drug-likeness (QED) is 0.822. The number of rotatable bonds is 3. The lowest BCUT2D eigenvalue weighted by Crippen LogP contribution is -2.47. The summed E-state index contributed by atoms with van der Waals surface area (Å²) in [6.45, 7) is 2.33. The fourth-order valence-electron chi connectivity index (χ4n) is 3.38. The first-order valence-electron chi connectivity index (χ1n) is 8.85. The summed E-state index contributed by atoms with van der Waals surface area (Å²) in [4.78, 5) is 36.3. The minimum absolute atomic E-state index is 0.138. The lowest BCUT2D eigenvalue weighted by Gasteiger charge is -2.36. The van der Waals surface area contributed by atoms with Crippen LogP contribution < -0.4 is 0 Å². The van der Waals surface area contributed by atoms with Crippen molar-refractivity contribution < 1.29 is 14.3 Å². The Kier molecular flexibility index (Phi) is 6.07. The van der Waals surface area contributed by atoms with E-state index in [0.717, 1.165) is 51.6 Å². The summed E-state index contributed by atoms with van der Waals surface area (Å²) in [7, 11) is 0. The van der Waals surface area contributed by atoms with Crippen LogP contribution in [0.4, 0.5) is 4.79 Å². The van der Waals surface area contributed by atoms with Crippen molar-refractivity contribution in [3.63, 3.8) is 0 Å². The van der Waals surface area contributed by atoms with Gasteiger partial charge in [-0.05, 0) is 38.5 Å². The van der Waals surface area contributed by atoms with Gasteiger partial charge in [0, 0.05) is 25.8 Å². The van der Waals surface area contributed by atoms with Crippen molar-refractivity contribution in [1.82, 2.24) is 19.8 Å². The monoisotopic (exact) mass is 366 g/mol. The summed E-state index contributed by atoms with van der Waals surface area (Å²) in [5.74, 6) is -0.230. The Morgan fingerprint density at radius 3 is 2.68 bits per heavy atom. The van der Waals surface area contributed by atoms with Gasteiger partial charge in [-0.3, -0.25) is 4.79 Å². The van der Waals surface area contributed by atoms with Gasteiger partial charge in [-0.15, -0.1) is 0 Å². The van der Waals surface area contributed by atoms with Crippen molar-refractivity contribution in [2.24, 2.45) is 0 Å². The van der Waals surface area contributed by atoms with E-state index in [-0.39, 0.29) is 35.4 Å². The summed E-state index contributed by atoms with van der Waals surface area (Å²) in [6.07, 6.45) is 8.39. The van der Waals surface area contributed by atoms with E-state index in [2.05, 4.69) is 9.97 Å². The van der Waals surface area contributed by atoms with Crippen LogP contribution in [0, 0.1) is 0 Å². The molecule has 0 radical (unpaired) electrons. The average molecular weight is 367 g/mol. The van der Waals surface area contributed by atoms with Gasteiger partial charge in [0.1, 0.15) is 18.6 Å². The van der Waals surface area contributed by atoms with Gasteiger partial charge in [0.25, 0.3) is 5.91 Å². The molecule has 2 amide bonds. The zero-order valence-corrected chi connectivity index (χ0v) is 15.0. The van der Waals surface area contributed by atoms with Gasteiger partial charge in [-0.2, -0.15) is 0 Å². The standard InChI is InChI=1S/C17H23ClN4O3/c18-14-10-19-12-20-15(14)16(23)22-9-5-2-6-13(22)11-25-17(24)21-7-3-1-4-8-21/h10,12-13H,1-9,11H2. The van der Waals surface area contributed by atoms with Crippen LogP contribution in [0.2, 0.25) is 5.02 Å². The van der Waals surface area contributed by atoms with E-state index >= 15 is 0 Å². The normalized spacial score (nSPS) is 21.1. The first-order valence-corrected chi connectivity index (χ1v) is 9.23. The second-order valence-electron chi connectivity index (χ2n) is 6.49. The summed E-state index contributed by atoms with van der Waals surface area (Å²) < 4.78 is 5.49. The second kappa shape index (κ2) is 8.47. The van der Waals surface area contributed by atoms with Crippen LogP contribution in [0.15, 0.2) is 12.5 Å². The smallest absolute Gasteiger partial charge is 0.409 e. The number of hydrogen-bond donors (Lipinski definition) is 0. The van der Waals surface area contributed by atoms with Gasteiger partial charge in [-0.1, -0.05) is 11.6 Å². The van der Waals surface area contributed by atoms with Gasteiger partial charge >= 0.3 is 6.09 Å². The highest BCUT2D eigenvalue weighted by molar-refractivity contribution is 6.33. The topological polar surface area (TPSA) is 75.6 Å². The maximum atomic E-state index is 12.8. The molecule has 2 aliphatic heterocycles. The van der Waals surface area contributed by atoms with Crippen LogP contribution in [0.5, 0.6) is 0 Å². The Morgan fingerprint density at radius 1 is 1.16 bits per heavy atom. The van der Waals surface area contributed by atoms with E-state index in [4.69, 9.17) is 16.3 Å². The van der Waals surface area contributed by atoms with Crippen molar-refractivity contribution in [1.29, 1.82) is 0 Å². The Morgan fingerprint density at radius 2 is 1.92 bits per heavy atom. The number of carbonyl (C=O) groups excluding carboxylic acids is 2. The average Bonchev–Trinajstić information content (AvgIpc) is 2.67. The molecule has 1 atom stereocenters. The highest BCUT2D eigenvalue weighted by atomic mass is 35.5. The number of carbonyl (C=O) groups is 2. The molecule has 136 valence electrons. The molecule has 1 aromatic heterocycles. The van der Waals surface area contributed by atoms with Crippen molar-refractivity contribution in [2.75, 3.05) is 26.2 Å². The predicted molar refractivity (Wildman–Crippen MR) is 92.5 cm³/mol. The van der Waals surface area contributed by atoms with Crippen LogP contribution in [-0.2, 0) is 4.74 Å². The Bertz CT molecular complexity index is 622. The minimum Gasteiger partial charge on any atom is -0.447 e.